The maximum atomic E-state index is 13.4. The van der Waals surface area contributed by atoms with Gasteiger partial charge in [-0.05, 0) is 18.9 Å². The first-order valence-electron chi connectivity index (χ1n) is 10.9. The smallest absolute Gasteiger partial charge is 0.333 e. The summed E-state index contributed by atoms with van der Waals surface area (Å²) in [5.74, 6) is -1.28. The first-order valence-corrected chi connectivity index (χ1v) is 10.9. The Kier molecular flexibility index (Phi) is 7.67. The zero-order valence-electron chi connectivity index (χ0n) is 19.7. The fourth-order valence-corrected chi connectivity index (χ4v) is 3.65. The lowest BCUT2D eigenvalue weighted by atomic mass is 9.99. The van der Waals surface area contributed by atoms with Crippen LogP contribution < -0.4 is 16.6 Å². The van der Waals surface area contributed by atoms with Crippen LogP contribution in [0.15, 0.2) is 46.2 Å². The van der Waals surface area contributed by atoms with E-state index in [-0.39, 0.29) is 24.1 Å². The average molecular weight is 472 g/mol. The normalized spacial score (nSPS) is 12.9. The van der Waals surface area contributed by atoms with Crippen LogP contribution in [0.4, 0.5) is 0 Å². The molecule has 11 heteroatoms. The molecular formula is C23H29N5O6. The first kappa shape index (κ1) is 24.9. The summed E-state index contributed by atoms with van der Waals surface area (Å²) in [7, 11) is 2.77. The van der Waals surface area contributed by atoms with Crippen LogP contribution in [0.3, 0.4) is 0 Å². The molecule has 3 aromatic rings. The number of ether oxygens (including phenoxy) is 2. The number of imidazole rings is 1. The molecule has 0 aliphatic rings. The number of esters is 1. The lowest BCUT2D eigenvalue weighted by Crippen LogP contribution is -2.54. The maximum Gasteiger partial charge on any atom is 0.333 e. The number of benzene rings is 1. The molecular weight excluding hydrogens is 442 g/mol. The standard InChI is InChI=1S/C23H29N5O6/c1-5-23(2,21(31)34-4)25-17(29)14-28-20(30)18-19(24-15-26(18)11-12-33-3)27(22(28)32)13-16-9-7-6-8-10-16/h6-10,15H,5,11-14H2,1-4H3,(H,25,29). The Balaban J connectivity index is 2.10. The number of carbonyl (C=O) groups excluding carboxylic acids is 2. The van der Waals surface area contributed by atoms with E-state index in [0.717, 1.165) is 10.1 Å². The lowest BCUT2D eigenvalue weighted by molar-refractivity contribution is -0.150. The van der Waals surface area contributed by atoms with Gasteiger partial charge in [0, 0.05) is 13.7 Å². The second kappa shape index (κ2) is 10.5. The van der Waals surface area contributed by atoms with Crippen molar-refractivity contribution in [1.29, 1.82) is 0 Å². The van der Waals surface area contributed by atoms with Crippen molar-refractivity contribution < 1.29 is 19.1 Å². The Morgan fingerprint density at radius 2 is 1.82 bits per heavy atom. The van der Waals surface area contributed by atoms with E-state index in [1.165, 1.54) is 24.9 Å². The van der Waals surface area contributed by atoms with Crippen LogP contribution in [0, 0.1) is 0 Å². The molecule has 0 fully saturated rings. The van der Waals surface area contributed by atoms with Gasteiger partial charge in [0.2, 0.25) is 5.91 Å². The SMILES string of the molecule is CCC(C)(NC(=O)Cn1c(=O)c2c(ncn2CCOC)n(Cc2ccccc2)c1=O)C(=O)OC. The number of carbonyl (C=O) groups is 2. The second-order valence-electron chi connectivity index (χ2n) is 8.07. The lowest BCUT2D eigenvalue weighted by Gasteiger charge is -2.26. The minimum atomic E-state index is -1.29. The number of nitrogens with one attached hydrogen (secondary N) is 1. The summed E-state index contributed by atoms with van der Waals surface area (Å²) in [6, 6.07) is 9.25. The van der Waals surface area contributed by atoms with E-state index in [2.05, 4.69) is 10.3 Å². The van der Waals surface area contributed by atoms with E-state index >= 15 is 0 Å². The number of fused-ring (bicyclic) bond motifs is 1. The van der Waals surface area contributed by atoms with Gasteiger partial charge in [-0.1, -0.05) is 37.3 Å². The van der Waals surface area contributed by atoms with Gasteiger partial charge in [0.1, 0.15) is 12.1 Å². The fraction of sp³-hybridized carbons (Fsp3) is 0.435. The number of hydrogen-bond acceptors (Lipinski definition) is 7. The Morgan fingerprint density at radius 1 is 1.12 bits per heavy atom. The zero-order chi connectivity index (χ0) is 24.9. The van der Waals surface area contributed by atoms with Crippen LogP contribution in [0.1, 0.15) is 25.8 Å². The summed E-state index contributed by atoms with van der Waals surface area (Å²) in [6.45, 7) is 3.51. The number of hydrogen-bond donors (Lipinski definition) is 1. The molecule has 0 aliphatic carbocycles. The summed E-state index contributed by atoms with van der Waals surface area (Å²) >= 11 is 0. The predicted molar refractivity (Wildman–Crippen MR) is 125 cm³/mol. The minimum Gasteiger partial charge on any atom is -0.467 e. The molecule has 0 saturated heterocycles. The maximum absolute atomic E-state index is 13.4. The summed E-state index contributed by atoms with van der Waals surface area (Å²) < 4.78 is 13.7. The zero-order valence-corrected chi connectivity index (χ0v) is 19.7. The number of methoxy groups -OCH3 is 2. The highest BCUT2D eigenvalue weighted by Gasteiger charge is 2.34. The van der Waals surface area contributed by atoms with Crippen LogP contribution in [-0.2, 0) is 38.7 Å². The van der Waals surface area contributed by atoms with Gasteiger partial charge < -0.3 is 19.4 Å². The van der Waals surface area contributed by atoms with E-state index in [1.54, 1.807) is 18.6 Å². The highest BCUT2D eigenvalue weighted by atomic mass is 16.5. The molecule has 1 unspecified atom stereocenters. The molecule has 11 nitrogen and oxygen atoms in total. The van der Waals surface area contributed by atoms with Crippen LogP contribution in [0.5, 0.6) is 0 Å². The highest BCUT2D eigenvalue weighted by molar-refractivity contribution is 5.87. The van der Waals surface area contributed by atoms with E-state index in [1.807, 2.05) is 30.3 Å². The third kappa shape index (κ3) is 4.93. The topological polar surface area (TPSA) is 126 Å². The van der Waals surface area contributed by atoms with Crippen molar-refractivity contribution in [3.8, 4) is 0 Å². The molecule has 0 radical (unpaired) electrons. The summed E-state index contributed by atoms with van der Waals surface area (Å²) in [4.78, 5) is 56.0. The number of amides is 1. The van der Waals surface area contributed by atoms with Crippen molar-refractivity contribution in [3.05, 3.63) is 63.1 Å². The largest absolute Gasteiger partial charge is 0.467 e. The summed E-state index contributed by atoms with van der Waals surface area (Å²) in [6.07, 6.45) is 1.74. The Morgan fingerprint density at radius 3 is 2.44 bits per heavy atom. The van der Waals surface area contributed by atoms with Gasteiger partial charge in [-0.25, -0.2) is 19.1 Å². The number of rotatable bonds is 10. The Bertz CT molecular complexity index is 1290. The predicted octanol–water partition coefficient (Wildman–Crippen LogP) is 0.512. The van der Waals surface area contributed by atoms with E-state index in [9.17, 15) is 19.2 Å². The van der Waals surface area contributed by atoms with Gasteiger partial charge in [0.15, 0.2) is 11.2 Å². The van der Waals surface area contributed by atoms with Gasteiger partial charge in [0.25, 0.3) is 5.56 Å². The van der Waals surface area contributed by atoms with Crippen molar-refractivity contribution in [2.45, 2.75) is 45.4 Å². The van der Waals surface area contributed by atoms with Crippen molar-refractivity contribution in [2.24, 2.45) is 0 Å². The Labute approximate surface area is 195 Å². The highest BCUT2D eigenvalue weighted by Crippen LogP contribution is 2.12. The molecule has 1 amide bonds. The average Bonchev–Trinajstić information content (AvgIpc) is 3.27. The monoisotopic (exact) mass is 471 g/mol. The molecule has 3 rings (SSSR count). The molecule has 0 bridgehead atoms. The van der Waals surface area contributed by atoms with Gasteiger partial charge in [0.05, 0.1) is 26.6 Å². The fourth-order valence-electron chi connectivity index (χ4n) is 3.65. The van der Waals surface area contributed by atoms with Crippen LogP contribution in [0.2, 0.25) is 0 Å². The first-order chi connectivity index (χ1) is 16.3. The van der Waals surface area contributed by atoms with E-state index < -0.39 is 35.2 Å². The molecule has 0 saturated carbocycles. The summed E-state index contributed by atoms with van der Waals surface area (Å²) in [5.41, 5.74) is -1.38. The van der Waals surface area contributed by atoms with Gasteiger partial charge in [-0.15, -0.1) is 0 Å². The molecule has 1 N–H and O–H groups in total. The molecule has 1 aromatic carbocycles. The third-order valence-corrected chi connectivity index (χ3v) is 5.76. The second-order valence-corrected chi connectivity index (χ2v) is 8.07. The van der Waals surface area contributed by atoms with Gasteiger partial charge >= 0.3 is 11.7 Å². The quantitative estimate of drug-likeness (QED) is 0.427. The molecule has 1 atom stereocenters. The molecule has 0 aliphatic heterocycles. The van der Waals surface area contributed by atoms with E-state index in [0.29, 0.717) is 13.2 Å². The number of nitrogens with zero attached hydrogens (tertiary/aromatic N) is 4. The molecule has 34 heavy (non-hydrogen) atoms. The van der Waals surface area contributed by atoms with Crippen molar-refractivity contribution in [1.82, 2.24) is 24.0 Å². The molecule has 2 heterocycles. The molecule has 182 valence electrons. The van der Waals surface area contributed by atoms with Crippen LogP contribution in [-0.4, -0.2) is 56.9 Å². The molecule has 2 aromatic heterocycles. The van der Waals surface area contributed by atoms with Crippen molar-refractivity contribution in [2.75, 3.05) is 20.8 Å². The van der Waals surface area contributed by atoms with Crippen LogP contribution >= 0.6 is 0 Å². The third-order valence-electron chi connectivity index (χ3n) is 5.76. The Hall–Kier alpha value is -3.73. The van der Waals surface area contributed by atoms with Crippen molar-refractivity contribution in [3.63, 3.8) is 0 Å². The van der Waals surface area contributed by atoms with Crippen LogP contribution in [0.25, 0.3) is 11.2 Å². The van der Waals surface area contributed by atoms with Gasteiger partial charge in [-0.2, -0.15) is 0 Å². The van der Waals surface area contributed by atoms with Gasteiger partial charge in [-0.3, -0.25) is 14.2 Å². The number of aromatic nitrogens is 4. The molecule has 0 spiro atoms. The minimum absolute atomic E-state index is 0.161. The van der Waals surface area contributed by atoms with E-state index in [4.69, 9.17) is 9.47 Å². The van der Waals surface area contributed by atoms with Crippen molar-refractivity contribution >= 4 is 23.0 Å². The summed E-state index contributed by atoms with van der Waals surface area (Å²) in [5, 5.41) is 2.59.